The Kier molecular flexibility index (Phi) is 3.29. The first-order valence-electron chi connectivity index (χ1n) is 6.32. The Balaban J connectivity index is 1.78. The summed E-state index contributed by atoms with van der Waals surface area (Å²) in [4.78, 5) is 8.89. The summed E-state index contributed by atoms with van der Waals surface area (Å²) in [5.74, 6) is 1.48. The van der Waals surface area contributed by atoms with Crippen LogP contribution in [0.4, 0.5) is 11.6 Å². The van der Waals surface area contributed by atoms with E-state index in [0.717, 1.165) is 36.6 Å². The number of hydrogen-bond donors (Lipinski definition) is 2. The van der Waals surface area contributed by atoms with Crippen molar-refractivity contribution >= 4 is 11.6 Å². The Bertz CT molecular complexity index is 568. The normalized spacial score (nSPS) is 13.7. The molecule has 1 aromatic heterocycles. The zero-order valence-electron chi connectivity index (χ0n) is 10.8. The predicted octanol–water partition coefficient (Wildman–Crippen LogP) is 1.87. The molecule has 3 rings (SSSR count). The maximum atomic E-state index is 5.13. The maximum Gasteiger partial charge on any atom is 0.227 e. The first-order chi connectivity index (χ1) is 9.35. The smallest absolute Gasteiger partial charge is 0.227 e. The summed E-state index contributed by atoms with van der Waals surface area (Å²) in [6.45, 7) is 1.84. The van der Waals surface area contributed by atoms with Gasteiger partial charge >= 0.3 is 0 Å². The van der Waals surface area contributed by atoms with Crippen molar-refractivity contribution < 1.29 is 4.74 Å². The van der Waals surface area contributed by atoms with Gasteiger partial charge in [0.25, 0.3) is 0 Å². The number of rotatable bonds is 3. The number of nitrogens with one attached hydrogen (secondary N) is 2. The van der Waals surface area contributed by atoms with Gasteiger partial charge in [-0.2, -0.15) is 0 Å². The second kappa shape index (κ2) is 5.24. The molecule has 0 spiro atoms. The van der Waals surface area contributed by atoms with E-state index in [-0.39, 0.29) is 0 Å². The van der Waals surface area contributed by atoms with Gasteiger partial charge in [0, 0.05) is 37.0 Å². The van der Waals surface area contributed by atoms with Crippen molar-refractivity contribution in [1.29, 1.82) is 0 Å². The molecule has 0 unspecified atom stereocenters. The Morgan fingerprint density at radius 3 is 2.89 bits per heavy atom. The van der Waals surface area contributed by atoms with Gasteiger partial charge in [-0.05, 0) is 24.3 Å². The lowest BCUT2D eigenvalue weighted by molar-refractivity contribution is 0.415. The number of ether oxygens (including phenoxy) is 1. The zero-order valence-corrected chi connectivity index (χ0v) is 10.8. The van der Waals surface area contributed by atoms with Gasteiger partial charge in [-0.25, -0.2) is 9.97 Å². The lowest BCUT2D eigenvalue weighted by atomic mass is 10.1. The van der Waals surface area contributed by atoms with Gasteiger partial charge in [0.05, 0.1) is 12.8 Å². The van der Waals surface area contributed by atoms with E-state index in [4.69, 9.17) is 4.74 Å². The molecule has 0 amide bonds. The van der Waals surface area contributed by atoms with Crippen LogP contribution in [0.25, 0.3) is 0 Å². The van der Waals surface area contributed by atoms with Crippen LogP contribution in [0.15, 0.2) is 30.5 Å². The van der Waals surface area contributed by atoms with Gasteiger partial charge in [0.15, 0.2) is 0 Å². The minimum Gasteiger partial charge on any atom is -0.497 e. The minimum atomic E-state index is 0.644. The quantitative estimate of drug-likeness (QED) is 0.878. The number of nitrogens with zero attached hydrogens (tertiary/aromatic N) is 2. The van der Waals surface area contributed by atoms with Gasteiger partial charge < -0.3 is 15.4 Å². The lowest BCUT2D eigenvalue weighted by Crippen LogP contribution is -2.25. The SMILES string of the molecule is COc1ccc(Nc2ncc3c(n2)CCNC3)cc1. The number of aromatic nitrogens is 2. The molecule has 1 aliphatic rings. The Morgan fingerprint density at radius 1 is 1.26 bits per heavy atom. The Hall–Kier alpha value is -2.14. The molecule has 0 atom stereocenters. The highest BCUT2D eigenvalue weighted by Gasteiger charge is 2.11. The maximum absolute atomic E-state index is 5.13. The van der Waals surface area contributed by atoms with Gasteiger partial charge in [-0.15, -0.1) is 0 Å². The molecule has 5 nitrogen and oxygen atoms in total. The van der Waals surface area contributed by atoms with Crippen LogP contribution in [-0.4, -0.2) is 23.6 Å². The molecule has 0 bridgehead atoms. The summed E-state index contributed by atoms with van der Waals surface area (Å²) in [6.07, 6.45) is 2.84. The van der Waals surface area contributed by atoms with E-state index in [1.165, 1.54) is 5.56 Å². The number of hydrogen-bond acceptors (Lipinski definition) is 5. The van der Waals surface area contributed by atoms with E-state index in [0.29, 0.717) is 5.95 Å². The van der Waals surface area contributed by atoms with Gasteiger partial charge in [-0.1, -0.05) is 0 Å². The molecule has 0 aliphatic carbocycles. The van der Waals surface area contributed by atoms with E-state index in [9.17, 15) is 0 Å². The summed E-state index contributed by atoms with van der Waals surface area (Å²) >= 11 is 0. The summed E-state index contributed by atoms with van der Waals surface area (Å²) in [7, 11) is 1.66. The van der Waals surface area contributed by atoms with E-state index in [2.05, 4.69) is 20.6 Å². The Morgan fingerprint density at radius 2 is 2.11 bits per heavy atom. The highest BCUT2D eigenvalue weighted by Crippen LogP contribution is 2.19. The molecule has 0 radical (unpaired) electrons. The van der Waals surface area contributed by atoms with E-state index in [1.807, 2.05) is 30.5 Å². The van der Waals surface area contributed by atoms with E-state index in [1.54, 1.807) is 7.11 Å². The largest absolute Gasteiger partial charge is 0.497 e. The molecule has 2 aromatic rings. The van der Waals surface area contributed by atoms with Crippen molar-refractivity contribution in [3.8, 4) is 5.75 Å². The van der Waals surface area contributed by atoms with Crippen molar-refractivity contribution in [3.63, 3.8) is 0 Å². The predicted molar refractivity (Wildman–Crippen MR) is 73.7 cm³/mol. The lowest BCUT2D eigenvalue weighted by Gasteiger charge is -2.16. The molecular weight excluding hydrogens is 240 g/mol. The van der Waals surface area contributed by atoms with Gasteiger partial charge in [0.2, 0.25) is 5.95 Å². The van der Waals surface area contributed by atoms with Crippen molar-refractivity contribution in [2.75, 3.05) is 19.0 Å². The van der Waals surface area contributed by atoms with Crippen molar-refractivity contribution in [3.05, 3.63) is 41.7 Å². The van der Waals surface area contributed by atoms with Crippen LogP contribution >= 0.6 is 0 Å². The highest BCUT2D eigenvalue weighted by atomic mass is 16.5. The standard InChI is InChI=1S/C14H16N4O/c1-19-12-4-2-11(3-5-12)17-14-16-9-10-8-15-7-6-13(10)18-14/h2-5,9,15H,6-8H2,1H3,(H,16,17,18). The number of methoxy groups -OCH3 is 1. The molecule has 2 N–H and O–H groups in total. The molecule has 1 aliphatic heterocycles. The van der Waals surface area contributed by atoms with Crippen LogP contribution in [0.3, 0.4) is 0 Å². The third-order valence-electron chi connectivity index (χ3n) is 3.15. The molecule has 19 heavy (non-hydrogen) atoms. The number of anilines is 2. The van der Waals surface area contributed by atoms with Crippen molar-refractivity contribution in [2.24, 2.45) is 0 Å². The highest BCUT2D eigenvalue weighted by molar-refractivity contribution is 5.54. The van der Waals surface area contributed by atoms with Crippen LogP contribution in [0, 0.1) is 0 Å². The third kappa shape index (κ3) is 2.66. The van der Waals surface area contributed by atoms with Crippen LogP contribution in [0.1, 0.15) is 11.3 Å². The number of fused-ring (bicyclic) bond motifs is 1. The van der Waals surface area contributed by atoms with E-state index >= 15 is 0 Å². The zero-order chi connectivity index (χ0) is 13.1. The molecule has 5 heteroatoms. The second-order valence-corrected chi connectivity index (χ2v) is 4.45. The fourth-order valence-electron chi connectivity index (χ4n) is 2.10. The minimum absolute atomic E-state index is 0.644. The monoisotopic (exact) mass is 256 g/mol. The summed E-state index contributed by atoms with van der Waals surface area (Å²) < 4.78 is 5.13. The fourth-order valence-corrected chi connectivity index (χ4v) is 2.10. The topological polar surface area (TPSA) is 59.1 Å². The molecule has 0 saturated carbocycles. The Labute approximate surface area is 112 Å². The van der Waals surface area contributed by atoms with Crippen LogP contribution in [-0.2, 0) is 13.0 Å². The molecular formula is C14H16N4O. The molecule has 1 aromatic carbocycles. The average Bonchev–Trinajstić information content (AvgIpc) is 2.48. The van der Waals surface area contributed by atoms with Gasteiger partial charge in [0.1, 0.15) is 5.75 Å². The van der Waals surface area contributed by atoms with Crippen LogP contribution < -0.4 is 15.4 Å². The summed E-state index contributed by atoms with van der Waals surface area (Å²) in [6, 6.07) is 7.71. The van der Waals surface area contributed by atoms with Crippen LogP contribution in [0.2, 0.25) is 0 Å². The van der Waals surface area contributed by atoms with E-state index < -0.39 is 0 Å². The summed E-state index contributed by atoms with van der Waals surface area (Å²) in [5.41, 5.74) is 3.27. The molecule has 0 fully saturated rings. The summed E-state index contributed by atoms with van der Waals surface area (Å²) in [5, 5.41) is 6.52. The molecule has 2 heterocycles. The average molecular weight is 256 g/mol. The fraction of sp³-hybridized carbons (Fsp3) is 0.286. The van der Waals surface area contributed by atoms with Crippen molar-refractivity contribution in [1.82, 2.24) is 15.3 Å². The van der Waals surface area contributed by atoms with Crippen LogP contribution in [0.5, 0.6) is 5.75 Å². The first kappa shape index (κ1) is 11.9. The second-order valence-electron chi connectivity index (χ2n) is 4.45. The first-order valence-corrected chi connectivity index (χ1v) is 6.32. The van der Waals surface area contributed by atoms with Crippen molar-refractivity contribution in [2.45, 2.75) is 13.0 Å². The molecule has 0 saturated heterocycles. The number of benzene rings is 1. The molecule has 98 valence electrons. The third-order valence-corrected chi connectivity index (χ3v) is 3.15. The van der Waals surface area contributed by atoms with Gasteiger partial charge in [-0.3, -0.25) is 0 Å².